The number of hydrogen-bond acceptors (Lipinski definition) is 4. The van der Waals surface area contributed by atoms with Crippen molar-refractivity contribution in [1.29, 1.82) is 0 Å². The average Bonchev–Trinajstić information content (AvgIpc) is 2.83. The van der Waals surface area contributed by atoms with Crippen LogP contribution in [-0.2, 0) is 19.2 Å². The van der Waals surface area contributed by atoms with Crippen LogP contribution in [0.25, 0.3) is 0 Å². The van der Waals surface area contributed by atoms with Gasteiger partial charge >= 0.3 is 0 Å². The molecule has 7 nitrogen and oxygen atoms in total. The first-order chi connectivity index (χ1) is 10.5. The van der Waals surface area contributed by atoms with Gasteiger partial charge in [0.25, 0.3) is 11.8 Å². The van der Waals surface area contributed by atoms with E-state index in [0.29, 0.717) is 38.8 Å². The van der Waals surface area contributed by atoms with Gasteiger partial charge in [0, 0.05) is 52.2 Å². The van der Waals surface area contributed by atoms with Gasteiger partial charge < -0.3 is 10.2 Å². The topological polar surface area (TPSA) is 86.8 Å². The third kappa shape index (κ3) is 5.67. The first-order valence-corrected chi connectivity index (χ1v) is 7.43. The summed E-state index contributed by atoms with van der Waals surface area (Å²) in [5.74, 6) is -0.628. The minimum atomic E-state index is -0.269. The van der Waals surface area contributed by atoms with E-state index in [9.17, 15) is 19.2 Å². The van der Waals surface area contributed by atoms with Gasteiger partial charge in [0.2, 0.25) is 11.8 Å². The molecule has 0 saturated heterocycles. The molecule has 122 valence electrons. The van der Waals surface area contributed by atoms with Crippen molar-refractivity contribution < 1.29 is 19.2 Å². The highest BCUT2D eigenvalue weighted by molar-refractivity contribution is 6.12. The Balaban J connectivity index is 2.11. The number of imide groups is 1. The molecule has 0 unspecified atom stereocenters. The number of amides is 4. The standard InChI is InChI=1S/C15H23N3O4/c1-16-12(19)9-11-17(2)13(20)6-4-3-5-10-18-14(21)7-8-15(18)22/h7-8H,3-6,9-11H2,1-2H3,(H,16,19). The Kier molecular flexibility index (Phi) is 7.28. The summed E-state index contributed by atoms with van der Waals surface area (Å²) in [6.07, 6.45) is 5.41. The van der Waals surface area contributed by atoms with Crippen LogP contribution in [0.5, 0.6) is 0 Å². The van der Waals surface area contributed by atoms with Crippen LogP contribution in [0.3, 0.4) is 0 Å². The highest BCUT2D eigenvalue weighted by atomic mass is 16.2. The molecule has 0 fully saturated rings. The van der Waals surface area contributed by atoms with Crippen LogP contribution in [0.15, 0.2) is 12.2 Å². The average molecular weight is 309 g/mol. The number of rotatable bonds is 9. The first kappa shape index (κ1) is 17.9. The summed E-state index contributed by atoms with van der Waals surface area (Å²) < 4.78 is 0. The van der Waals surface area contributed by atoms with E-state index in [4.69, 9.17) is 0 Å². The maximum atomic E-state index is 11.8. The van der Waals surface area contributed by atoms with E-state index in [1.807, 2.05) is 0 Å². The molecule has 0 aromatic rings. The summed E-state index contributed by atoms with van der Waals surface area (Å²) in [6.45, 7) is 0.798. The van der Waals surface area contributed by atoms with Gasteiger partial charge in [0.15, 0.2) is 0 Å². The third-order valence-electron chi connectivity index (χ3n) is 3.55. The molecule has 0 radical (unpaired) electrons. The second-order valence-corrected chi connectivity index (χ2v) is 5.21. The van der Waals surface area contributed by atoms with Crippen molar-refractivity contribution in [2.75, 3.05) is 27.2 Å². The molecule has 4 amide bonds. The minimum absolute atomic E-state index is 0.00102. The molecule has 0 bridgehead atoms. The van der Waals surface area contributed by atoms with Crippen molar-refractivity contribution in [3.05, 3.63) is 12.2 Å². The smallest absolute Gasteiger partial charge is 0.253 e. The van der Waals surface area contributed by atoms with Crippen LogP contribution < -0.4 is 5.32 Å². The van der Waals surface area contributed by atoms with E-state index in [-0.39, 0.29) is 23.6 Å². The van der Waals surface area contributed by atoms with Crippen molar-refractivity contribution in [3.63, 3.8) is 0 Å². The molecule has 0 aromatic carbocycles. The van der Waals surface area contributed by atoms with Crippen molar-refractivity contribution >= 4 is 23.6 Å². The first-order valence-electron chi connectivity index (χ1n) is 7.43. The fourth-order valence-corrected chi connectivity index (χ4v) is 2.08. The van der Waals surface area contributed by atoms with Gasteiger partial charge in [0.05, 0.1) is 0 Å². The van der Waals surface area contributed by atoms with Gasteiger partial charge in [-0.15, -0.1) is 0 Å². The largest absolute Gasteiger partial charge is 0.359 e. The summed E-state index contributed by atoms with van der Waals surface area (Å²) in [7, 11) is 3.24. The zero-order valence-corrected chi connectivity index (χ0v) is 13.1. The lowest BCUT2D eigenvalue weighted by Crippen LogP contribution is -2.31. The minimum Gasteiger partial charge on any atom is -0.359 e. The number of carbonyl (C=O) groups is 4. The molecule has 22 heavy (non-hydrogen) atoms. The van der Waals surface area contributed by atoms with E-state index < -0.39 is 0 Å². The van der Waals surface area contributed by atoms with Gasteiger partial charge in [-0.25, -0.2) is 0 Å². The SMILES string of the molecule is CNC(=O)CCN(C)C(=O)CCCCCN1C(=O)C=CC1=O. The van der Waals surface area contributed by atoms with E-state index in [1.54, 1.807) is 19.0 Å². The van der Waals surface area contributed by atoms with E-state index in [2.05, 4.69) is 5.32 Å². The normalized spacial score (nSPS) is 13.6. The number of nitrogens with one attached hydrogen (secondary N) is 1. The van der Waals surface area contributed by atoms with Crippen molar-refractivity contribution in [3.8, 4) is 0 Å². The molecule has 1 N–H and O–H groups in total. The Morgan fingerprint density at radius 1 is 1.09 bits per heavy atom. The predicted molar refractivity (Wildman–Crippen MR) is 80.6 cm³/mol. The summed E-state index contributed by atoms with van der Waals surface area (Å²) in [4.78, 5) is 48.3. The number of hydrogen-bond donors (Lipinski definition) is 1. The molecule has 1 rings (SSSR count). The molecule has 0 spiro atoms. The van der Waals surface area contributed by atoms with Gasteiger partial charge in [-0.3, -0.25) is 24.1 Å². The van der Waals surface area contributed by atoms with E-state index in [0.717, 1.165) is 6.42 Å². The van der Waals surface area contributed by atoms with Gasteiger partial charge in [0.1, 0.15) is 0 Å². The third-order valence-corrected chi connectivity index (χ3v) is 3.55. The van der Waals surface area contributed by atoms with E-state index in [1.165, 1.54) is 17.1 Å². The Bertz CT molecular complexity index is 455. The van der Waals surface area contributed by atoms with Crippen LogP contribution in [0.1, 0.15) is 32.1 Å². The predicted octanol–water partition coefficient (Wildman–Crippen LogP) is 0.0663. The lowest BCUT2D eigenvalue weighted by atomic mass is 10.1. The Hall–Kier alpha value is -2.18. The molecule has 0 saturated carbocycles. The molecule has 1 aliphatic heterocycles. The molecule has 1 heterocycles. The maximum Gasteiger partial charge on any atom is 0.253 e. The Morgan fingerprint density at radius 2 is 1.73 bits per heavy atom. The van der Waals surface area contributed by atoms with Crippen LogP contribution in [0.2, 0.25) is 0 Å². The van der Waals surface area contributed by atoms with Gasteiger partial charge in [-0.1, -0.05) is 6.42 Å². The Labute approximate surface area is 130 Å². The highest BCUT2D eigenvalue weighted by Crippen LogP contribution is 2.08. The molecular weight excluding hydrogens is 286 g/mol. The summed E-state index contributed by atoms with van der Waals surface area (Å²) in [6, 6.07) is 0. The molecule has 0 aromatic heterocycles. The van der Waals surface area contributed by atoms with Crippen LogP contribution in [-0.4, -0.2) is 60.6 Å². The summed E-state index contributed by atoms with van der Waals surface area (Å²) >= 11 is 0. The van der Waals surface area contributed by atoms with Crippen molar-refractivity contribution in [1.82, 2.24) is 15.1 Å². The van der Waals surface area contributed by atoms with Gasteiger partial charge in [-0.05, 0) is 12.8 Å². The van der Waals surface area contributed by atoms with Crippen LogP contribution in [0.4, 0.5) is 0 Å². The second kappa shape index (κ2) is 8.96. The zero-order chi connectivity index (χ0) is 16.5. The molecule has 7 heteroatoms. The highest BCUT2D eigenvalue weighted by Gasteiger charge is 2.22. The number of nitrogens with zero attached hydrogens (tertiary/aromatic N) is 2. The maximum absolute atomic E-state index is 11.8. The van der Waals surface area contributed by atoms with Crippen LogP contribution in [0, 0.1) is 0 Å². The quantitative estimate of drug-likeness (QED) is 0.482. The number of carbonyl (C=O) groups excluding carboxylic acids is 4. The van der Waals surface area contributed by atoms with E-state index >= 15 is 0 Å². The molecule has 0 aliphatic carbocycles. The molecular formula is C15H23N3O4. The summed E-state index contributed by atoms with van der Waals surface area (Å²) in [5, 5.41) is 2.51. The molecule has 0 atom stereocenters. The lowest BCUT2D eigenvalue weighted by Gasteiger charge is -2.17. The zero-order valence-electron chi connectivity index (χ0n) is 13.1. The second-order valence-electron chi connectivity index (χ2n) is 5.21. The van der Waals surface area contributed by atoms with Gasteiger partial charge in [-0.2, -0.15) is 0 Å². The number of unbranched alkanes of at least 4 members (excludes halogenated alkanes) is 2. The monoisotopic (exact) mass is 309 g/mol. The fourth-order valence-electron chi connectivity index (χ4n) is 2.08. The van der Waals surface area contributed by atoms with Crippen LogP contribution >= 0.6 is 0 Å². The van der Waals surface area contributed by atoms with Crippen molar-refractivity contribution in [2.45, 2.75) is 32.1 Å². The lowest BCUT2D eigenvalue weighted by molar-refractivity contribution is -0.137. The fraction of sp³-hybridized carbons (Fsp3) is 0.600. The Morgan fingerprint density at radius 3 is 2.32 bits per heavy atom. The molecule has 1 aliphatic rings. The van der Waals surface area contributed by atoms with Crippen molar-refractivity contribution in [2.24, 2.45) is 0 Å². The summed E-state index contributed by atoms with van der Waals surface area (Å²) in [5.41, 5.74) is 0.